The molecule has 0 spiro atoms. The van der Waals surface area contributed by atoms with Gasteiger partial charge in [0.05, 0.1) is 22.9 Å². The summed E-state index contributed by atoms with van der Waals surface area (Å²) in [5.41, 5.74) is 1.99. The van der Waals surface area contributed by atoms with Crippen LogP contribution in [0.15, 0.2) is 24.3 Å². The zero-order valence-electron chi connectivity index (χ0n) is 16.5. The van der Waals surface area contributed by atoms with Gasteiger partial charge in [-0.2, -0.15) is 0 Å². The predicted octanol–water partition coefficient (Wildman–Crippen LogP) is 4.16. The number of nitrogens with one attached hydrogen (secondary N) is 1. The van der Waals surface area contributed by atoms with Gasteiger partial charge in [0.15, 0.2) is 6.10 Å². The average molecular weight is 441 g/mol. The summed E-state index contributed by atoms with van der Waals surface area (Å²) < 4.78 is 11.9. The van der Waals surface area contributed by atoms with E-state index in [1.165, 1.54) is 13.0 Å². The number of nitrogens with zero attached hydrogens (tertiary/aromatic N) is 1. The zero-order valence-corrected chi connectivity index (χ0v) is 18.1. The van der Waals surface area contributed by atoms with Gasteiger partial charge in [0, 0.05) is 16.4 Å². The Morgan fingerprint density at radius 2 is 1.86 bits per heavy atom. The highest BCUT2D eigenvalue weighted by atomic mass is 35.5. The zero-order chi connectivity index (χ0) is 21.7. The van der Waals surface area contributed by atoms with Crippen LogP contribution in [0.25, 0.3) is 0 Å². The Labute approximate surface area is 178 Å². The quantitative estimate of drug-likeness (QED) is 0.653. The molecule has 1 N–H and O–H groups in total. The van der Waals surface area contributed by atoms with E-state index in [0.717, 1.165) is 0 Å². The lowest BCUT2D eigenvalue weighted by molar-refractivity contribution is -0.153. The second kappa shape index (κ2) is 9.80. The number of aryl methyl sites for hydroxylation is 1. The molecule has 1 aromatic carbocycles. The Morgan fingerprint density at radius 1 is 1.17 bits per heavy atom. The Balaban J connectivity index is 2.02. The van der Waals surface area contributed by atoms with Crippen molar-refractivity contribution in [2.75, 3.05) is 11.9 Å². The minimum atomic E-state index is -1.06. The first kappa shape index (κ1) is 22.8. The molecule has 0 aliphatic carbocycles. The number of hydrogen-bond acceptors (Lipinski definition) is 5. The number of rotatable bonds is 7. The molecule has 156 valence electrons. The van der Waals surface area contributed by atoms with E-state index in [0.29, 0.717) is 32.7 Å². The minimum absolute atomic E-state index is 0.146. The monoisotopic (exact) mass is 440 g/mol. The van der Waals surface area contributed by atoms with Gasteiger partial charge < -0.3 is 19.4 Å². The third-order valence-corrected chi connectivity index (χ3v) is 4.78. The van der Waals surface area contributed by atoms with Gasteiger partial charge in [-0.25, -0.2) is 4.79 Å². The highest BCUT2D eigenvalue weighted by Crippen LogP contribution is 2.25. The van der Waals surface area contributed by atoms with Gasteiger partial charge in [-0.3, -0.25) is 9.59 Å². The van der Waals surface area contributed by atoms with Crippen LogP contribution >= 0.6 is 23.2 Å². The topological polar surface area (TPSA) is 86.6 Å². The number of esters is 2. The molecule has 0 saturated heterocycles. The lowest BCUT2D eigenvalue weighted by Crippen LogP contribution is -2.31. The normalized spacial score (nSPS) is 11.7. The highest BCUT2D eigenvalue weighted by molar-refractivity contribution is 6.35. The second-order valence-electron chi connectivity index (χ2n) is 6.34. The van der Waals surface area contributed by atoms with E-state index >= 15 is 0 Å². The van der Waals surface area contributed by atoms with Gasteiger partial charge in [-0.15, -0.1) is 0 Å². The van der Waals surface area contributed by atoms with Crippen LogP contribution in [0.2, 0.25) is 10.0 Å². The highest BCUT2D eigenvalue weighted by Gasteiger charge is 2.22. The summed E-state index contributed by atoms with van der Waals surface area (Å²) in [4.78, 5) is 36.6. The Kier molecular flexibility index (Phi) is 7.70. The molecule has 2 aromatic rings. The van der Waals surface area contributed by atoms with Crippen LogP contribution in [0.4, 0.5) is 5.69 Å². The third kappa shape index (κ3) is 5.74. The first-order valence-corrected chi connectivity index (χ1v) is 9.68. The fraction of sp³-hybridized carbons (Fsp3) is 0.350. The standard InChI is InChI=1S/C20H22Cl2N2O5/c1-5-28-20(27)15-8-11(2)24(12(15)3)10-18(25)29-13(4)19(26)23-17-9-14(21)6-7-16(17)22/h6-9,13H,5,10H2,1-4H3,(H,23,26). The smallest absolute Gasteiger partial charge is 0.339 e. The van der Waals surface area contributed by atoms with Crippen molar-refractivity contribution in [3.63, 3.8) is 0 Å². The molecule has 0 radical (unpaired) electrons. The van der Waals surface area contributed by atoms with Crippen molar-refractivity contribution in [3.8, 4) is 0 Å². The minimum Gasteiger partial charge on any atom is -0.462 e. The first-order valence-electron chi connectivity index (χ1n) is 8.93. The van der Waals surface area contributed by atoms with Crippen LogP contribution in [0.5, 0.6) is 0 Å². The van der Waals surface area contributed by atoms with Crippen LogP contribution in [-0.4, -0.2) is 35.1 Å². The molecule has 0 fully saturated rings. The van der Waals surface area contributed by atoms with E-state index in [2.05, 4.69) is 5.32 Å². The fourth-order valence-electron chi connectivity index (χ4n) is 2.70. The number of aromatic nitrogens is 1. The molecule has 0 bridgehead atoms. The molecule has 1 aromatic heterocycles. The molecule has 1 unspecified atom stereocenters. The molecule has 2 rings (SSSR count). The Morgan fingerprint density at radius 3 is 2.52 bits per heavy atom. The van der Waals surface area contributed by atoms with E-state index in [-0.39, 0.29) is 13.2 Å². The first-order chi connectivity index (χ1) is 13.6. The summed E-state index contributed by atoms with van der Waals surface area (Å²) in [6, 6.07) is 6.29. The number of hydrogen-bond donors (Lipinski definition) is 1. The van der Waals surface area contributed by atoms with E-state index in [9.17, 15) is 14.4 Å². The van der Waals surface area contributed by atoms with Crippen molar-refractivity contribution >= 4 is 46.7 Å². The van der Waals surface area contributed by atoms with Crippen molar-refractivity contribution in [3.05, 3.63) is 51.3 Å². The van der Waals surface area contributed by atoms with Crippen molar-refractivity contribution < 1.29 is 23.9 Å². The van der Waals surface area contributed by atoms with Crippen LogP contribution in [0, 0.1) is 13.8 Å². The third-order valence-electron chi connectivity index (χ3n) is 4.22. The number of carbonyl (C=O) groups is 3. The van der Waals surface area contributed by atoms with Crippen molar-refractivity contribution in [2.45, 2.75) is 40.3 Å². The van der Waals surface area contributed by atoms with Gasteiger partial charge in [0.1, 0.15) is 6.54 Å². The van der Waals surface area contributed by atoms with Gasteiger partial charge in [-0.1, -0.05) is 23.2 Å². The molecule has 0 saturated carbocycles. The lowest BCUT2D eigenvalue weighted by atomic mass is 10.2. The second-order valence-corrected chi connectivity index (χ2v) is 7.18. The van der Waals surface area contributed by atoms with Gasteiger partial charge in [-0.05, 0) is 52.0 Å². The maximum atomic E-state index is 12.3. The van der Waals surface area contributed by atoms with E-state index in [1.807, 2.05) is 0 Å². The maximum Gasteiger partial charge on any atom is 0.339 e. The van der Waals surface area contributed by atoms with Crippen molar-refractivity contribution in [1.82, 2.24) is 4.57 Å². The predicted molar refractivity (Wildman–Crippen MR) is 111 cm³/mol. The largest absolute Gasteiger partial charge is 0.462 e. The fourth-order valence-corrected chi connectivity index (χ4v) is 3.04. The average Bonchev–Trinajstić information content (AvgIpc) is 2.93. The molecule has 7 nitrogen and oxygen atoms in total. The molecular formula is C20H22Cl2N2O5. The van der Waals surface area contributed by atoms with Gasteiger partial charge in [0.2, 0.25) is 0 Å². The van der Waals surface area contributed by atoms with Crippen LogP contribution in [0.3, 0.4) is 0 Å². The number of benzene rings is 1. The lowest BCUT2D eigenvalue weighted by Gasteiger charge is -2.16. The molecule has 29 heavy (non-hydrogen) atoms. The molecule has 1 heterocycles. The molecule has 1 atom stereocenters. The number of amides is 1. The van der Waals surface area contributed by atoms with Crippen LogP contribution in [0.1, 0.15) is 35.6 Å². The van der Waals surface area contributed by atoms with Crippen LogP contribution in [-0.2, 0) is 25.6 Å². The van der Waals surface area contributed by atoms with Crippen LogP contribution < -0.4 is 5.32 Å². The number of halogens is 2. The number of ether oxygens (including phenoxy) is 2. The molecule has 0 aliphatic heterocycles. The summed E-state index contributed by atoms with van der Waals surface area (Å²) in [5, 5.41) is 3.29. The van der Waals surface area contributed by atoms with Gasteiger partial charge >= 0.3 is 11.9 Å². The summed E-state index contributed by atoms with van der Waals surface area (Å²) in [6.07, 6.45) is -1.06. The van der Waals surface area contributed by atoms with Crippen molar-refractivity contribution in [1.29, 1.82) is 0 Å². The molecule has 9 heteroatoms. The summed E-state index contributed by atoms with van der Waals surface area (Å²) >= 11 is 11.9. The van der Waals surface area contributed by atoms with Crippen molar-refractivity contribution in [2.24, 2.45) is 0 Å². The summed E-state index contributed by atoms with van der Waals surface area (Å²) in [6.45, 7) is 6.76. The SMILES string of the molecule is CCOC(=O)c1cc(C)n(CC(=O)OC(C)C(=O)Nc2cc(Cl)ccc2Cl)c1C. The van der Waals surface area contributed by atoms with E-state index < -0.39 is 23.9 Å². The van der Waals surface area contributed by atoms with E-state index in [1.54, 1.807) is 43.5 Å². The Hall–Kier alpha value is -2.51. The number of carbonyl (C=O) groups excluding carboxylic acids is 3. The summed E-state index contributed by atoms with van der Waals surface area (Å²) in [7, 11) is 0. The molecule has 0 aliphatic rings. The Bertz CT molecular complexity index is 939. The maximum absolute atomic E-state index is 12.3. The molecule has 1 amide bonds. The number of anilines is 1. The van der Waals surface area contributed by atoms with E-state index in [4.69, 9.17) is 32.7 Å². The summed E-state index contributed by atoms with van der Waals surface area (Å²) in [5.74, 6) is -1.62. The van der Waals surface area contributed by atoms with Gasteiger partial charge in [0.25, 0.3) is 5.91 Å². The molecular weight excluding hydrogens is 419 g/mol.